The van der Waals surface area contributed by atoms with Crippen molar-refractivity contribution in [3.8, 4) is 0 Å². The predicted molar refractivity (Wildman–Crippen MR) is 118 cm³/mol. The minimum atomic E-state index is -0.417. The van der Waals surface area contributed by atoms with E-state index in [4.69, 9.17) is 0 Å². The number of aromatic nitrogens is 3. The molecule has 11 heteroatoms. The first kappa shape index (κ1) is 21.3. The predicted octanol–water partition coefficient (Wildman–Crippen LogP) is 2.03. The summed E-state index contributed by atoms with van der Waals surface area (Å²) in [6, 6.07) is 12.0. The molecule has 0 unspecified atom stereocenters. The van der Waals surface area contributed by atoms with E-state index in [9.17, 15) is 10.1 Å². The molecule has 3 aromatic rings. The van der Waals surface area contributed by atoms with Crippen LogP contribution in [0, 0.1) is 10.1 Å². The highest BCUT2D eigenvalue weighted by molar-refractivity contribution is 14.0. The number of nitro groups is 1. The lowest BCUT2D eigenvalue weighted by molar-refractivity contribution is -0.384. The number of anilines is 1. The Kier molecular flexibility index (Phi) is 7.92. The zero-order chi connectivity index (χ0) is 19.1. The standard InChI is InChI=1S/C17H20N8O2.HI/c1-18-17(21-12-16-23-22-15-4-2-3-11-24(15)16)20-10-9-19-13-5-7-14(8-6-13)25(26)27;/h2-8,11,19H,9-10,12H2,1H3,(H2,18,20,21);1H. The topological polar surface area (TPSA) is 122 Å². The lowest BCUT2D eigenvalue weighted by atomic mass is 10.3. The fraction of sp³-hybridized carbons (Fsp3) is 0.235. The highest BCUT2D eigenvalue weighted by atomic mass is 127. The normalized spacial score (nSPS) is 11.0. The van der Waals surface area contributed by atoms with Crippen LogP contribution in [0.2, 0.25) is 0 Å². The quantitative estimate of drug-likeness (QED) is 0.114. The molecule has 0 amide bonds. The first-order valence-electron chi connectivity index (χ1n) is 8.39. The molecule has 2 heterocycles. The number of hydrogen-bond acceptors (Lipinski definition) is 6. The maximum Gasteiger partial charge on any atom is 0.269 e. The van der Waals surface area contributed by atoms with Gasteiger partial charge in [-0.3, -0.25) is 19.5 Å². The van der Waals surface area contributed by atoms with Crippen LogP contribution in [0.1, 0.15) is 5.82 Å². The van der Waals surface area contributed by atoms with Crippen LogP contribution in [0.4, 0.5) is 11.4 Å². The van der Waals surface area contributed by atoms with Crippen LogP contribution in [0.15, 0.2) is 53.7 Å². The second-order valence-electron chi connectivity index (χ2n) is 5.63. The van der Waals surface area contributed by atoms with Crippen LogP contribution in [-0.2, 0) is 6.54 Å². The fourth-order valence-electron chi connectivity index (χ4n) is 2.48. The molecule has 10 nitrogen and oxygen atoms in total. The molecule has 0 spiro atoms. The number of nitrogens with zero attached hydrogens (tertiary/aromatic N) is 5. The van der Waals surface area contributed by atoms with Gasteiger partial charge in [0.25, 0.3) is 5.69 Å². The Balaban J connectivity index is 0.00000280. The molecule has 28 heavy (non-hydrogen) atoms. The van der Waals surface area contributed by atoms with E-state index in [2.05, 4.69) is 31.1 Å². The van der Waals surface area contributed by atoms with Gasteiger partial charge in [-0.25, -0.2) is 0 Å². The van der Waals surface area contributed by atoms with Crippen LogP contribution in [-0.4, -0.2) is 45.6 Å². The fourth-order valence-corrected chi connectivity index (χ4v) is 2.48. The van der Waals surface area contributed by atoms with Gasteiger partial charge in [-0.1, -0.05) is 6.07 Å². The Morgan fingerprint density at radius 3 is 2.64 bits per heavy atom. The number of non-ortho nitro benzene ring substituents is 1. The zero-order valence-electron chi connectivity index (χ0n) is 15.2. The van der Waals surface area contributed by atoms with Crippen LogP contribution >= 0.6 is 24.0 Å². The highest BCUT2D eigenvalue weighted by Gasteiger charge is 2.06. The van der Waals surface area contributed by atoms with Crippen molar-refractivity contribution in [3.63, 3.8) is 0 Å². The number of guanidine groups is 1. The first-order chi connectivity index (χ1) is 13.2. The average Bonchev–Trinajstić information content (AvgIpc) is 3.11. The SMILES string of the molecule is CN=C(NCCNc1ccc([N+](=O)[O-])cc1)NCc1nnc2ccccn12.I. The Bertz CT molecular complexity index is 942. The average molecular weight is 496 g/mol. The molecule has 0 saturated heterocycles. The second-order valence-corrected chi connectivity index (χ2v) is 5.63. The Hall–Kier alpha value is -2.96. The Morgan fingerprint density at radius 1 is 1.14 bits per heavy atom. The molecule has 3 rings (SSSR count). The molecule has 1 aromatic carbocycles. The number of nitrogens with one attached hydrogen (secondary N) is 3. The van der Waals surface area contributed by atoms with Crippen LogP contribution in [0.25, 0.3) is 5.65 Å². The van der Waals surface area contributed by atoms with Gasteiger partial charge in [-0.15, -0.1) is 34.2 Å². The first-order valence-corrected chi connectivity index (χ1v) is 8.39. The van der Waals surface area contributed by atoms with E-state index < -0.39 is 4.92 Å². The summed E-state index contributed by atoms with van der Waals surface area (Å²) >= 11 is 0. The van der Waals surface area contributed by atoms with Crippen LogP contribution in [0.3, 0.4) is 0 Å². The maximum absolute atomic E-state index is 10.6. The number of benzene rings is 1. The van der Waals surface area contributed by atoms with Crippen molar-refractivity contribution >= 4 is 47.0 Å². The molecule has 0 aliphatic heterocycles. The van der Waals surface area contributed by atoms with Gasteiger partial charge in [0.2, 0.25) is 0 Å². The summed E-state index contributed by atoms with van der Waals surface area (Å²) < 4.78 is 1.91. The molecule has 2 aromatic heterocycles. The highest BCUT2D eigenvalue weighted by Crippen LogP contribution is 2.14. The van der Waals surface area contributed by atoms with Crippen molar-refractivity contribution < 1.29 is 4.92 Å². The number of fused-ring (bicyclic) bond motifs is 1. The van der Waals surface area contributed by atoms with Crippen molar-refractivity contribution in [2.45, 2.75) is 6.54 Å². The smallest absolute Gasteiger partial charge is 0.269 e. The van der Waals surface area contributed by atoms with Crippen molar-refractivity contribution in [1.29, 1.82) is 0 Å². The van der Waals surface area contributed by atoms with Crippen LogP contribution < -0.4 is 16.0 Å². The number of nitro benzene ring substituents is 1. The van der Waals surface area contributed by atoms with E-state index in [1.807, 2.05) is 28.8 Å². The van der Waals surface area contributed by atoms with Gasteiger partial charge in [0, 0.05) is 44.2 Å². The Labute approximate surface area is 178 Å². The molecular weight excluding hydrogens is 475 g/mol. The second kappa shape index (κ2) is 10.4. The number of pyridine rings is 1. The minimum absolute atomic E-state index is 0. The molecule has 0 aliphatic carbocycles. The van der Waals surface area contributed by atoms with E-state index in [0.29, 0.717) is 25.6 Å². The lowest BCUT2D eigenvalue weighted by Crippen LogP contribution is -2.39. The molecule has 0 aliphatic rings. The molecule has 148 valence electrons. The van der Waals surface area contributed by atoms with Gasteiger partial charge in [0.1, 0.15) is 0 Å². The summed E-state index contributed by atoms with van der Waals surface area (Å²) in [4.78, 5) is 14.4. The van der Waals surface area contributed by atoms with Crippen molar-refractivity contribution in [1.82, 2.24) is 25.2 Å². The maximum atomic E-state index is 10.6. The summed E-state index contributed by atoms with van der Waals surface area (Å²) in [5, 5.41) is 28.5. The van der Waals surface area contributed by atoms with E-state index in [1.165, 1.54) is 12.1 Å². The van der Waals surface area contributed by atoms with Crippen molar-refractivity contribution in [3.05, 3.63) is 64.6 Å². The number of halogens is 1. The number of hydrogen-bond donors (Lipinski definition) is 3. The summed E-state index contributed by atoms with van der Waals surface area (Å²) in [6.07, 6.45) is 1.91. The molecule has 0 radical (unpaired) electrons. The Morgan fingerprint density at radius 2 is 1.93 bits per heavy atom. The van der Waals surface area contributed by atoms with E-state index in [0.717, 1.165) is 17.2 Å². The number of aliphatic imine (C=N–C) groups is 1. The van der Waals surface area contributed by atoms with Crippen molar-refractivity contribution in [2.24, 2.45) is 4.99 Å². The molecular formula is C17H21IN8O2. The molecule has 0 fully saturated rings. The summed E-state index contributed by atoms with van der Waals surface area (Å²) in [7, 11) is 1.70. The van der Waals surface area contributed by atoms with E-state index in [1.54, 1.807) is 19.2 Å². The molecule has 3 N–H and O–H groups in total. The van der Waals surface area contributed by atoms with E-state index >= 15 is 0 Å². The van der Waals surface area contributed by atoms with Gasteiger partial charge >= 0.3 is 0 Å². The number of rotatable bonds is 7. The van der Waals surface area contributed by atoms with Gasteiger partial charge in [0.05, 0.1) is 11.5 Å². The monoisotopic (exact) mass is 496 g/mol. The summed E-state index contributed by atoms with van der Waals surface area (Å²) in [5.74, 6) is 1.44. The largest absolute Gasteiger partial charge is 0.383 e. The summed E-state index contributed by atoms with van der Waals surface area (Å²) in [5.41, 5.74) is 1.69. The van der Waals surface area contributed by atoms with Gasteiger partial charge in [0.15, 0.2) is 17.4 Å². The van der Waals surface area contributed by atoms with E-state index in [-0.39, 0.29) is 29.7 Å². The van der Waals surface area contributed by atoms with Gasteiger partial charge in [-0.2, -0.15) is 0 Å². The minimum Gasteiger partial charge on any atom is -0.383 e. The lowest BCUT2D eigenvalue weighted by Gasteiger charge is -2.12. The summed E-state index contributed by atoms with van der Waals surface area (Å²) in [6.45, 7) is 1.74. The molecule has 0 atom stereocenters. The van der Waals surface area contributed by atoms with Gasteiger partial charge in [-0.05, 0) is 24.3 Å². The van der Waals surface area contributed by atoms with Crippen LogP contribution in [0.5, 0.6) is 0 Å². The molecule has 0 saturated carbocycles. The third kappa shape index (κ3) is 5.52. The molecule has 0 bridgehead atoms. The van der Waals surface area contributed by atoms with Gasteiger partial charge < -0.3 is 16.0 Å². The third-order valence-electron chi connectivity index (χ3n) is 3.85. The zero-order valence-corrected chi connectivity index (χ0v) is 17.5. The van der Waals surface area contributed by atoms with Crippen molar-refractivity contribution in [2.75, 3.05) is 25.5 Å². The third-order valence-corrected chi connectivity index (χ3v) is 3.85.